The molecule has 0 bridgehead atoms. The lowest BCUT2D eigenvalue weighted by molar-refractivity contribution is 0.0966. The van der Waals surface area contributed by atoms with Crippen molar-refractivity contribution in [2.75, 3.05) is 6.54 Å². The molecule has 0 saturated carbocycles. The standard InChI is InChI=1S/C23H20ClFN4O/c1-3-20-18-9-4-15(23(30)27-22-14(2)10-11-26-13-19(22)24)12-21(18)29(28-20)17-7-5-16(25)6-8-17/h4-10,12-13H,3,11H2,1-2H3,(H,27,30). The number of carbonyl (C=O) groups is 1. The van der Waals surface area contributed by atoms with Crippen LogP contribution in [-0.4, -0.2) is 28.4 Å². The molecule has 2 heterocycles. The zero-order valence-electron chi connectivity index (χ0n) is 16.6. The summed E-state index contributed by atoms with van der Waals surface area (Å²) in [5.74, 6) is -0.593. The van der Waals surface area contributed by atoms with Gasteiger partial charge in [0, 0.05) is 17.2 Å². The molecule has 1 amide bonds. The Balaban J connectivity index is 1.75. The van der Waals surface area contributed by atoms with E-state index in [1.807, 2.05) is 26.0 Å². The molecule has 1 N–H and O–H groups in total. The largest absolute Gasteiger partial charge is 0.320 e. The van der Waals surface area contributed by atoms with Crippen LogP contribution in [0.1, 0.15) is 29.9 Å². The minimum Gasteiger partial charge on any atom is -0.320 e. The summed E-state index contributed by atoms with van der Waals surface area (Å²) in [6.45, 7) is 4.42. The van der Waals surface area contributed by atoms with Crippen LogP contribution in [0, 0.1) is 5.82 Å². The molecular formula is C23H20ClFN4O. The number of fused-ring (bicyclic) bond motifs is 1. The van der Waals surface area contributed by atoms with E-state index in [4.69, 9.17) is 11.6 Å². The Labute approximate surface area is 178 Å². The first-order chi connectivity index (χ1) is 14.5. The monoisotopic (exact) mass is 422 g/mol. The summed E-state index contributed by atoms with van der Waals surface area (Å²) < 4.78 is 15.1. The van der Waals surface area contributed by atoms with Gasteiger partial charge >= 0.3 is 0 Å². The van der Waals surface area contributed by atoms with Gasteiger partial charge in [0.25, 0.3) is 5.91 Å². The van der Waals surface area contributed by atoms with Crippen molar-refractivity contribution >= 4 is 34.6 Å². The molecule has 4 rings (SSSR count). The number of allylic oxidation sites excluding steroid dienone is 2. The summed E-state index contributed by atoms with van der Waals surface area (Å²) in [6.07, 6.45) is 4.19. The van der Waals surface area contributed by atoms with Crippen LogP contribution < -0.4 is 5.32 Å². The maximum absolute atomic E-state index is 13.4. The number of carbonyl (C=O) groups excluding carboxylic acids is 1. The fourth-order valence-electron chi connectivity index (χ4n) is 3.38. The van der Waals surface area contributed by atoms with Crippen molar-refractivity contribution in [3.05, 3.63) is 81.9 Å². The Hall–Kier alpha value is -3.25. The molecule has 5 nitrogen and oxygen atoms in total. The third kappa shape index (κ3) is 3.78. The van der Waals surface area contributed by atoms with E-state index in [0.29, 0.717) is 22.8 Å². The molecule has 30 heavy (non-hydrogen) atoms. The highest BCUT2D eigenvalue weighted by Gasteiger charge is 2.17. The van der Waals surface area contributed by atoms with Crippen LogP contribution in [0.3, 0.4) is 0 Å². The van der Waals surface area contributed by atoms with Gasteiger partial charge in [0.15, 0.2) is 0 Å². The van der Waals surface area contributed by atoms with Gasteiger partial charge in [-0.15, -0.1) is 0 Å². The zero-order chi connectivity index (χ0) is 21.3. The first-order valence-corrected chi connectivity index (χ1v) is 10.0. The van der Waals surface area contributed by atoms with Crippen LogP contribution in [0.2, 0.25) is 0 Å². The van der Waals surface area contributed by atoms with Crippen molar-refractivity contribution in [1.29, 1.82) is 0 Å². The van der Waals surface area contributed by atoms with E-state index < -0.39 is 0 Å². The van der Waals surface area contributed by atoms with Crippen LogP contribution >= 0.6 is 11.6 Å². The van der Waals surface area contributed by atoms with Crippen LogP contribution in [0.15, 0.2) is 69.8 Å². The number of nitrogens with zero attached hydrogens (tertiary/aromatic N) is 3. The summed E-state index contributed by atoms with van der Waals surface area (Å²) in [6, 6.07) is 11.6. The Bertz CT molecular complexity index is 1220. The topological polar surface area (TPSA) is 59.3 Å². The number of nitrogens with one attached hydrogen (secondary N) is 1. The average Bonchev–Trinajstić information content (AvgIpc) is 3.05. The third-order valence-corrected chi connectivity index (χ3v) is 5.29. The number of amides is 1. The predicted molar refractivity (Wildman–Crippen MR) is 118 cm³/mol. The SMILES string of the molecule is CCc1nn(-c2ccc(F)cc2)c2cc(C(=O)NC3=C(Cl)C=NCC=C3C)ccc12. The van der Waals surface area contributed by atoms with Crippen LogP contribution in [0.25, 0.3) is 16.6 Å². The molecule has 1 aliphatic heterocycles. The van der Waals surface area contributed by atoms with E-state index in [9.17, 15) is 9.18 Å². The van der Waals surface area contributed by atoms with E-state index in [1.165, 1.54) is 12.1 Å². The fourth-order valence-corrected chi connectivity index (χ4v) is 3.65. The van der Waals surface area contributed by atoms with Crippen molar-refractivity contribution in [2.24, 2.45) is 4.99 Å². The minimum atomic E-state index is -0.313. The van der Waals surface area contributed by atoms with Gasteiger partial charge in [-0.1, -0.05) is 30.7 Å². The van der Waals surface area contributed by atoms with Gasteiger partial charge in [0.2, 0.25) is 0 Å². The van der Waals surface area contributed by atoms with Crippen molar-refractivity contribution in [3.8, 4) is 5.69 Å². The number of aryl methyl sites for hydroxylation is 1. The molecule has 0 atom stereocenters. The Morgan fingerprint density at radius 1 is 1.23 bits per heavy atom. The molecule has 2 aromatic carbocycles. The lowest BCUT2D eigenvalue weighted by Crippen LogP contribution is -2.24. The molecule has 0 radical (unpaired) electrons. The van der Waals surface area contributed by atoms with Crippen LogP contribution in [0.5, 0.6) is 0 Å². The molecule has 1 aliphatic rings. The Kier molecular flexibility index (Phi) is 5.50. The van der Waals surface area contributed by atoms with E-state index in [0.717, 1.165) is 34.3 Å². The van der Waals surface area contributed by atoms with Gasteiger partial charge in [0.1, 0.15) is 5.82 Å². The maximum atomic E-state index is 13.4. The smallest absolute Gasteiger partial charge is 0.255 e. The first-order valence-electron chi connectivity index (χ1n) is 9.63. The summed E-state index contributed by atoms with van der Waals surface area (Å²) >= 11 is 6.28. The quantitative estimate of drug-likeness (QED) is 0.647. The molecule has 0 aliphatic carbocycles. The molecule has 0 saturated heterocycles. The second-order valence-corrected chi connectivity index (χ2v) is 7.39. The molecule has 3 aromatic rings. The normalized spacial score (nSPS) is 14.1. The maximum Gasteiger partial charge on any atom is 0.255 e. The van der Waals surface area contributed by atoms with Crippen molar-refractivity contribution in [1.82, 2.24) is 15.1 Å². The number of hydrogen-bond acceptors (Lipinski definition) is 3. The summed E-state index contributed by atoms with van der Waals surface area (Å²) in [5.41, 5.74) is 4.29. The Morgan fingerprint density at radius 3 is 2.73 bits per heavy atom. The minimum absolute atomic E-state index is 0.280. The van der Waals surface area contributed by atoms with Crippen LogP contribution in [0.4, 0.5) is 4.39 Å². The van der Waals surface area contributed by atoms with E-state index >= 15 is 0 Å². The zero-order valence-corrected chi connectivity index (χ0v) is 17.4. The van der Waals surface area contributed by atoms with Gasteiger partial charge in [-0.2, -0.15) is 5.10 Å². The van der Waals surface area contributed by atoms with E-state index in [2.05, 4.69) is 15.4 Å². The number of benzene rings is 2. The molecule has 7 heteroatoms. The third-order valence-electron chi connectivity index (χ3n) is 5.01. The summed E-state index contributed by atoms with van der Waals surface area (Å²) in [7, 11) is 0. The molecule has 0 spiro atoms. The highest BCUT2D eigenvalue weighted by atomic mass is 35.5. The van der Waals surface area contributed by atoms with Gasteiger partial charge in [-0.3, -0.25) is 9.79 Å². The first kappa shape index (κ1) is 20.0. The lowest BCUT2D eigenvalue weighted by atomic mass is 10.1. The van der Waals surface area contributed by atoms with Gasteiger partial charge in [0.05, 0.1) is 34.2 Å². The highest BCUT2D eigenvalue weighted by molar-refractivity contribution is 6.40. The number of aliphatic imine (C=N–C) groups is 1. The second kappa shape index (κ2) is 8.24. The van der Waals surface area contributed by atoms with Crippen molar-refractivity contribution in [3.63, 3.8) is 0 Å². The van der Waals surface area contributed by atoms with Crippen LogP contribution in [-0.2, 0) is 6.42 Å². The summed E-state index contributed by atoms with van der Waals surface area (Å²) in [5, 5.41) is 8.90. The second-order valence-electron chi connectivity index (χ2n) is 6.98. The average molecular weight is 423 g/mol. The molecule has 0 unspecified atom stereocenters. The molecule has 152 valence electrons. The molecule has 0 fully saturated rings. The highest BCUT2D eigenvalue weighted by Crippen LogP contribution is 2.25. The van der Waals surface area contributed by atoms with E-state index in [-0.39, 0.29) is 11.7 Å². The fraction of sp³-hybridized carbons (Fsp3) is 0.174. The number of halogens is 2. The number of hydrogen-bond donors (Lipinski definition) is 1. The number of rotatable bonds is 4. The predicted octanol–water partition coefficient (Wildman–Crippen LogP) is 4.94. The van der Waals surface area contributed by atoms with E-state index in [1.54, 1.807) is 35.2 Å². The van der Waals surface area contributed by atoms with Gasteiger partial charge < -0.3 is 5.32 Å². The molecular weight excluding hydrogens is 403 g/mol. The number of aromatic nitrogens is 2. The Morgan fingerprint density at radius 2 is 2.00 bits per heavy atom. The van der Waals surface area contributed by atoms with Gasteiger partial charge in [-0.05, 0) is 55.3 Å². The van der Waals surface area contributed by atoms with Crippen molar-refractivity contribution < 1.29 is 9.18 Å². The van der Waals surface area contributed by atoms with Crippen molar-refractivity contribution in [2.45, 2.75) is 20.3 Å². The molecule has 1 aromatic heterocycles. The van der Waals surface area contributed by atoms with Gasteiger partial charge in [-0.25, -0.2) is 9.07 Å². The lowest BCUT2D eigenvalue weighted by Gasteiger charge is -2.11. The summed E-state index contributed by atoms with van der Waals surface area (Å²) in [4.78, 5) is 17.1.